The van der Waals surface area contributed by atoms with Crippen molar-refractivity contribution in [3.8, 4) is 0 Å². The molecule has 0 spiro atoms. The molecule has 0 radical (unpaired) electrons. The molecule has 0 saturated carbocycles. The SMILES string of the molecule is Nc1nn(Cc2ccc3ncc(Cl)cc3c2)cc1CO. The Balaban J connectivity index is 1.93. The second kappa shape index (κ2) is 5.11. The Kier molecular flexibility index (Phi) is 3.30. The Morgan fingerprint density at radius 3 is 2.90 bits per heavy atom. The van der Waals surface area contributed by atoms with Crippen LogP contribution in [0.25, 0.3) is 10.9 Å². The molecule has 0 fully saturated rings. The number of nitrogen functional groups attached to an aromatic ring is 1. The molecule has 20 heavy (non-hydrogen) atoms. The van der Waals surface area contributed by atoms with Gasteiger partial charge in [0.05, 0.1) is 23.7 Å². The summed E-state index contributed by atoms with van der Waals surface area (Å²) in [5.41, 5.74) is 8.29. The number of hydrogen-bond acceptors (Lipinski definition) is 4. The molecule has 1 aromatic carbocycles. The molecule has 5 nitrogen and oxygen atoms in total. The van der Waals surface area contributed by atoms with Crippen molar-refractivity contribution in [2.24, 2.45) is 0 Å². The third-order valence-corrected chi connectivity index (χ3v) is 3.30. The molecule has 3 aromatic rings. The Labute approximate surface area is 120 Å². The monoisotopic (exact) mass is 288 g/mol. The van der Waals surface area contributed by atoms with E-state index in [9.17, 15) is 0 Å². The minimum absolute atomic E-state index is 0.108. The van der Waals surface area contributed by atoms with E-state index in [4.69, 9.17) is 22.4 Å². The van der Waals surface area contributed by atoms with Gasteiger partial charge in [-0.3, -0.25) is 9.67 Å². The molecule has 0 atom stereocenters. The normalized spacial score (nSPS) is 11.1. The van der Waals surface area contributed by atoms with E-state index in [1.165, 1.54) is 0 Å². The van der Waals surface area contributed by atoms with Crippen molar-refractivity contribution in [3.05, 3.63) is 52.8 Å². The van der Waals surface area contributed by atoms with Gasteiger partial charge in [0.15, 0.2) is 5.82 Å². The van der Waals surface area contributed by atoms with Gasteiger partial charge in [-0.15, -0.1) is 0 Å². The molecule has 0 bridgehead atoms. The zero-order chi connectivity index (χ0) is 14.1. The first-order valence-electron chi connectivity index (χ1n) is 6.12. The molecule has 0 unspecified atom stereocenters. The second-order valence-electron chi connectivity index (χ2n) is 4.58. The van der Waals surface area contributed by atoms with Crippen molar-refractivity contribution in [3.63, 3.8) is 0 Å². The summed E-state index contributed by atoms with van der Waals surface area (Å²) in [7, 11) is 0. The summed E-state index contributed by atoms with van der Waals surface area (Å²) in [6.45, 7) is 0.468. The van der Waals surface area contributed by atoms with Gasteiger partial charge >= 0.3 is 0 Å². The van der Waals surface area contributed by atoms with Crippen LogP contribution in [0.3, 0.4) is 0 Å². The highest BCUT2D eigenvalue weighted by Crippen LogP contribution is 2.19. The van der Waals surface area contributed by atoms with Crippen LogP contribution in [0.2, 0.25) is 5.02 Å². The van der Waals surface area contributed by atoms with Gasteiger partial charge in [-0.05, 0) is 23.8 Å². The number of nitrogens with two attached hydrogens (primary N) is 1. The third-order valence-electron chi connectivity index (χ3n) is 3.10. The summed E-state index contributed by atoms with van der Waals surface area (Å²) in [5, 5.41) is 14.9. The van der Waals surface area contributed by atoms with Crippen LogP contribution in [-0.2, 0) is 13.2 Å². The molecule has 0 amide bonds. The highest BCUT2D eigenvalue weighted by molar-refractivity contribution is 6.31. The molecule has 0 saturated heterocycles. The summed E-state index contributed by atoms with van der Waals surface area (Å²) in [6.07, 6.45) is 3.38. The molecular weight excluding hydrogens is 276 g/mol. The van der Waals surface area contributed by atoms with Gasteiger partial charge in [-0.2, -0.15) is 5.10 Å². The summed E-state index contributed by atoms with van der Waals surface area (Å²) in [6, 6.07) is 7.83. The van der Waals surface area contributed by atoms with Gasteiger partial charge in [0.25, 0.3) is 0 Å². The van der Waals surface area contributed by atoms with E-state index in [0.717, 1.165) is 16.5 Å². The van der Waals surface area contributed by atoms with Crippen LogP contribution < -0.4 is 5.73 Å². The first kappa shape index (κ1) is 12.9. The van der Waals surface area contributed by atoms with Crippen LogP contribution >= 0.6 is 11.6 Å². The fourth-order valence-electron chi connectivity index (χ4n) is 2.12. The molecule has 2 heterocycles. The highest BCUT2D eigenvalue weighted by atomic mass is 35.5. The largest absolute Gasteiger partial charge is 0.391 e. The number of pyridine rings is 1. The van der Waals surface area contributed by atoms with E-state index in [-0.39, 0.29) is 6.61 Å². The molecule has 3 rings (SSSR count). The Hall–Kier alpha value is -2.11. The van der Waals surface area contributed by atoms with Crippen molar-refractivity contribution in [2.45, 2.75) is 13.2 Å². The summed E-state index contributed by atoms with van der Waals surface area (Å²) < 4.78 is 1.71. The van der Waals surface area contributed by atoms with Gasteiger partial charge in [-0.1, -0.05) is 17.7 Å². The molecule has 3 N–H and O–H groups in total. The lowest BCUT2D eigenvalue weighted by atomic mass is 10.1. The number of aliphatic hydroxyl groups is 1. The average Bonchev–Trinajstić information content (AvgIpc) is 2.78. The quantitative estimate of drug-likeness (QED) is 0.774. The van der Waals surface area contributed by atoms with Crippen LogP contribution in [-0.4, -0.2) is 19.9 Å². The zero-order valence-electron chi connectivity index (χ0n) is 10.6. The van der Waals surface area contributed by atoms with E-state index in [2.05, 4.69) is 10.1 Å². The summed E-state index contributed by atoms with van der Waals surface area (Å²) >= 11 is 5.95. The minimum Gasteiger partial charge on any atom is -0.391 e. The maximum atomic E-state index is 9.11. The maximum Gasteiger partial charge on any atom is 0.150 e. The summed E-state index contributed by atoms with van der Waals surface area (Å²) in [4.78, 5) is 4.25. The van der Waals surface area contributed by atoms with E-state index in [1.54, 1.807) is 17.1 Å². The number of fused-ring (bicyclic) bond motifs is 1. The lowest BCUT2D eigenvalue weighted by Gasteiger charge is -2.04. The standard InChI is InChI=1S/C14H13ClN4O/c15-12-4-10-3-9(1-2-13(10)17-5-12)6-19-7-11(8-20)14(16)18-19/h1-5,7,20H,6,8H2,(H2,16,18). The van der Waals surface area contributed by atoms with Crippen molar-refractivity contribution in [1.29, 1.82) is 0 Å². The Morgan fingerprint density at radius 2 is 2.15 bits per heavy atom. The van der Waals surface area contributed by atoms with Gasteiger partial charge in [0, 0.05) is 23.3 Å². The van der Waals surface area contributed by atoms with E-state index in [0.29, 0.717) is 22.9 Å². The number of rotatable bonds is 3. The number of aliphatic hydroxyl groups excluding tert-OH is 1. The van der Waals surface area contributed by atoms with Crippen LogP contribution in [0.5, 0.6) is 0 Å². The van der Waals surface area contributed by atoms with Crippen molar-refractivity contribution in [1.82, 2.24) is 14.8 Å². The fourth-order valence-corrected chi connectivity index (χ4v) is 2.29. The average molecular weight is 289 g/mol. The maximum absolute atomic E-state index is 9.11. The highest BCUT2D eigenvalue weighted by Gasteiger charge is 2.05. The second-order valence-corrected chi connectivity index (χ2v) is 5.01. The number of benzene rings is 1. The topological polar surface area (TPSA) is 77.0 Å². The Morgan fingerprint density at radius 1 is 1.30 bits per heavy atom. The van der Waals surface area contributed by atoms with Crippen molar-refractivity contribution >= 4 is 28.3 Å². The smallest absolute Gasteiger partial charge is 0.150 e. The van der Waals surface area contributed by atoms with E-state index >= 15 is 0 Å². The zero-order valence-corrected chi connectivity index (χ0v) is 11.4. The summed E-state index contributed by atoms with van der Waals surface area (Å²) in [5.74, 6) is 0.359. The van der Waals surface area contributed by atoms with E-state index < -0.39 is 0 Å². The van der Waals surface area contributed by atoms with Gasteiger partial charge in [-0.25, -0.2) is 0 Å². The molecule has 6 heteroatoms. The molecule has 0 aliphatic rings. The van der Waals surface area contributed by atoms with Gasteiger partial charge in [0.1, 0.15) is 0 Å². The van der Waals surface area contributed by atoms with Crippen LogP contribution in [0.4, 0.5) is 5.82 Å². The minimum atomic E-state index is -0.108. The number of anilines is 1. The number of aromatic nitrogens is 3. The number of halogens is 1. The third kappa shape index (κ3) is 2.45. The first-order chi connectivity index (χ1) is 9.65. The molecule has 102 valence electrons. The van der Waals surface area contributed by atoms with Gasteiger partial charge in [0.2, 0.25) is 0 Å². The molecular formula is C14H13ClN4O. The first-order valence-corrected chi connectivity index (χ1v) is 6.50. The van der Waals surface area contributed by atoms with Crippen LogP contribution in [0.1, 0.15) is 11.1 Å². The number of hydrogen-bond donors (Lipinski definition) is 2. The van der Waals surface area contributed by atoms with Crippen molar-refractivity contribution < 1.29 is 5.11 Å². The lowest BCUT2D eigenvalue weighted by molar-refractivity contribution is 0.282. The van der Waals surface area contributed by atoms with Crippen LogP contribution in [0.15, 0.2) is 36.7 Å². The predicted molar refractivity (Wildman–Crippen MR) is 78.4 cm³/mol. The predicted octanol–water partition coefficient (Wildman–Crippen LogP) is 2.21. The molecule has 0 aliphatic carbocycles. The number of nitrogens with zero attached hydrogens (tertiary/aromatic N) is 3. The van der Waals surface area contributed by atoms with Gasteiger partial charge < -0.3 is 10.8 Å². The van der Waals surface area contributed by atoms with Crippen LogP contribution in [0, 0.1) is 0 Å². The van der Waals surface area contributed by atoms with Crippen molar-refractivity contribution in [2.75, 3.05) is 5.73 Å². The lowest BCUT2D eigenvalue weighted by Crippen LogP contribution is -2.01. The fraction of sp³-hybridized carbons (Fsp3) is 0.143. The molecule has 2 aromatic heterocycles. The Bertz CT molecular complexity index is 769. The van der Waals surface area contributed by atoms with E-state index in [1.807, 2.05) is 24.3 Å². The molecule has 0 aliphatic heterocycles.